The number of rotatable bonds is 3. The molecule has 0 fully saturated rings. The van der Waals surface area contributed by atoms with Gasteiger partial charge >= 0.3 is 0 Å². The molecule has 2 atom stereocenters. The summed E-state index contributed by atoms with van der Waals surface area (Å²) < 4.78 is 0. The third kappa shape index (κ3) is 2.54. The van der Waals surface area contributed by atoms with E-state index in [2.05, 4.69) is 25.1 Å². The van der Waals surface area contributed by atoms with Crippen molar-refractivity contribution >= 4 is 0 Å². The molecule has 0 aliphatic rings. The minimum absolute atomic E-state index is 0.0846. The molecular formula is C16H15N. The molecule has 0 spiro atoms. The molecule has 84 valence electrons. The van der Waals surface area contributed by atoms with Gasteiger partial charge in [-0.1, -0.05) is 67.6 Å². The van der Waals surface area contributed by atoms with Crippen molar-refractivity contribution in [2.24, 2.45) is 0 Å². The lowest BCUT2D eigenvalue weighted by atomic mass is 9.84. The van der Waals surface area contributed by atoms with Gasteiger partial charge in [0.25, 0.3) is 0 Å². The molecule has 2 aromatic rings. The van der Waals surface area contributed by atoms with Crippen LogP contribution in [0.5, 0.6) is 0 Å². The monoisotopic (exact) mass is 221 g/mol. The summed E-state index contributed by atoms with van der Waals surface area (Å²) >= 11 is 0. The lowest BCUT2D eigenvalue weighted by Gasteiger charge is -2.18. The Labute approximate surface area is 102 Å². The van der Waals surface area contributed by atoms with Gasteiger partial charge in [0, 0.05) is 5.92 Å². The topological polar surface area (TPSA) is 23.8 Å². The molecule has 0 saturated heterocycles. The van der Waals surface area contributed by atoms with Crippen LogP contribution in [0.15, 0.2) is 60.7 Å². The summed E-state index contributed by atoms with van der Waals surface area (Å²) in [7, 11) is 0. The van der Waals surface area contributed by atoms with Crippen LogP contribution >= 0.6 is 0 Å². The first kappa shape index (κ1) is 11.4. The van der Waals surface area contributed by atoms with Crippen molar-refractivity contribution in [3.05, 3.63) is 71.8 Å². The zero-order valence-corrected chi connectivity index (χ0v) is 9.88. The van der Waals surface area contributed by atoms with E-state index in [1.54, 1.807) is 0 Å². The van der Waals surface area contributed by atoms with E-state index in [0.29, 0.717) is 0 Å². The second-order valence-electron chi connectivity index (χ2n) is 4.22. The van der Waals surface area contributed by atoms with Crippen molar-refractivity contribution in [1.82, 2.24) is 0 Å². The van der Waals surface area contributed by atoms with Crippen molar-refractivity contribution in [2.75, 3.05) is 0 Å². The lowest BCUT2D eigenvalue weighted by molar-refractivity contribution is 0.687. The second-order valence-corrected chi connectivity index (χ2v) is 4.22. The SMILES string of the molecule is CC(c1ccccc1)C(C#N)c1ccccc1. The molecule has 0 saturated carbocycles. The fourth-order valence-corrected chi connectivity index (χ4v) is 2.08. The van der Waals surface area contributed by atoms with E-state index in [1.165, 1.54) is 5.56 Å². The maximum absolute atomic E-state index is 9.36. The van der Waals surface area contributed by atoms with Crippen LogP contribution in [0.2, 0.25) is 0 Å². The van der Waals surface area contributed by atoms with Crippen LogP contribution in [-0.2, 0) is 0 Å². The number of nitrogens with zero attached hydrogens (tertiary/aromatic N) is 1. The van der Waals surface area contributed by atoms with Gasteiger partial charge in [0.05, 0.1) is 12.0 Å². The maximum Gasteiger partial charge on any atom is 0.0778 e. The van der Waals surface area contributed by atoms with E-state index >= 15 is 0 Å². The minimum atomic E-state index is -0.0846. The number of benzene rings is 2. The Morgan fingerprint density at radius 3 is 1.76 bits per heavy atom. The van der Waals surface area contributed by atoms with E-state index in [0.717, 1.165) is 5.56 Å². The zero-order valence-electron chi connectivity index (χ0n) is 9.88. The summed E-state index contributed by atoms with van der Waals surface area (Å²) in [6, 6.07) is 22.6. The summed E-state index contributed by atoms with van der Waals surface area (Å²) in [5, 5.41) is 9.36. The fourth-order valence-electron chi connectivity index (χ4n) is 2.08. The molecule has 17 heavy (non-hydrogen) atoms. The normalized spacial score (nSPS) is 13.6. The lowest BCUT2D eigenvalue weighted by Crippen LogP contribution is -2.06. The largest absolute Gasteiger partial charge is 0.198 e. The third-order valence-electron chi connectivity index (χ3n) is 3.12. The zero-order chi connectivity index (χ0) is 12.1. The van der Waals surface area contributed by atoms with Crippen LogP contribution in [-0.4, -0.2) is 0 Å². The van der Waals surface area contributed by atoms with E-state index < -0.39 is 0 Å². The molecule has 0 aliphatic heterocycles. The van der Waals surface area contributed by atoms with Crippen molar-refractivity contribution < 1.29 is 0 Å². The van der Waals surface area contributed by atoms with Crippen molar-refractivity contribution in [1.29, 1.82) is 5.26 Å². The molecule has 0 heterocycles. The summed E-state index contributed by atoms with van der Waals surface area (Å²) in [5.41, 5.74) is 2.30. The molecule has 0 aliphatic carbocycles. The van der Waals surface area contributed by atoms with Crippen LogP contribution in [0.4, 0.5) is 0 Å². The van der Waals surface area contributed by atoms with E-state index in [4.69, 9.17) is 0 Å². The van der Waals surface area contributed by atoms with Gasteiger partial charge in [0.15, 0.2) is 0 Å². The van der Waals surface area contributed by atoms with Gasteiger partial charge in [-0.3, -0.25) is 0 Å². The predicted octanol–water partition coefficient (Wildman–Crippen LogP) is 4.10. The molecule has 0 radical (unpaired) electrons. The molecule has 1 heteroatoms. The highest BCUT2D eigenvalue weighted by Crippen LogP contribution is 2.31. The Balaban J connectivity index is 2.30. The van der Waals surface area contributed by atoms with Gasteiger partial charge in [0.1, 0.15) is 0 Å². The first-order valence-electron chi connectivity index (χ1n) is 5.82. The molecule has 2 rings (SSSR count). The molecule has 0 amide bonds. The Kier molecular flexibility index (Phi) is 3.57. The minimum Gasteiger partial charge on any atom is -0.198 e. The molecular weight excluding hydrogens is 206 g/mol. The molecule has 1 nitrogen and oxygen atoms in total. The van der Waals surface area contributed by atoms with Gasteiger partial charge in [0.2, 0.25) is 0 Å². The Morgan fingerprint density at radius 2 is 1.29 bits per heavy atom. The van der Waals surface area contributed by atoms with Crippen LogP contribution in [0, 0.1) is 11.3 Å². The standard InChI is InChI=1S/C16H15N/c1-13(14-8-4-2-5-9-14)16(12-17)15-10-6-3-7-11-15/h2-11,13,16H,1H3. The van der Waals surface area contributed by atoms with E-state index in [-0.39, 0.29) is 11.8 Å². The van der Waals surface area contributed by atoms with Crippen molar-refractivity contribution in [3.8, 4) is 6.07 Å². The van der Waals surface area contributed by atoms with Crippen LogP contribution < -0.4 is 0 Å². The van der Waals surface area contributed by atoms with Crippen LogP contribution in [0.3, 0.4) is 0 Å². The van der Waals surface area contributed by atoms with Crippen molar-refractivity contribution in [3.63, 3.8) is 0 Å². The molecule has 2 aromatic carbocycles. The first-order chi connectivity index (χ1) is 8.33. The smallest absolute Gasteiger partial charge is 0.0778 e. The van der Waals surface area contributed by atoms with E-state index in [1.807, 2.05) is 48.5 Å². The highest BCUT2D eigenvalue weighted by Gasteiger charge is 2.19. The number of nitriles is 1. The molecule has 0 N–H and O–H groups in total. The third-order valence-corrected chi connectivity index (χ3v) is 3.12. The Hall–Kier alpha value is -2.07. The van der Waals surface area contributed by atoms with Gasteiger partial charge in [-0.05, 0) is 11.1 Å². The molecule has 2 unspecified atom stereocenters. The first-order valence-corrected chi connectivity index (χ1v) is 5.82. The summed E-state index contributed by atoms with van der Waals surface area (Å²) in [5.74, 6) is 0.127. The summed E-state index contributed by atoms with van der Waals surface area (Å²) in [4.78, 5) is 0. The van der Waals surface area contributed by atoms with Gasteiger partial charge in [-0.2, -0.15) is 5.26 Å². The van der Waals surface area contributed by atoms with Gasteiger partial charge in [-0.15, -0.1) is 0 Å². The fraction of sp³-hybridized carbons (Fsp3) is 0.188. The summed E-state index contributed by atoms with van der Waals surface area (Å²) in [6.07, 6.45) is 0. The summed E-state index contributed by atoms with van der Waals surface area (Å²) in [6.45, 7) is 2.11. The number of hydrogen-bond acceptors (Lipinski definition) is 1. The number of hydrogen-bond donors (Lipinski definition) is 0. The molecule has 0 bridgehead atoms. The highest BCUT2D eigenvalue weighted by atomic mass is 14.3. The van der Waals surface area contributed by atoms with Gasteiger partial charge in [-0.25, -0.2) is 0 Å². The van der Waals surface area contributed by atoms with Crippen LogP contribution in [0.1, 0.15) is 29.9 Å². The maximum atomic E-state index is 9.36. The van der Waals surface area contributed by atoms with Gasteiger partial charge < -0.3 is 0 Å². The predicted molar refractivity (Wildman–Crippen MR) is 69.7 cm³/mol. The van der Waals surface area contributed by atoms with Crippen LogP contribution in [0.25, 0.3) is 0 Å². The second kappa shape index (κ2) is 5.32. The molecule has 0 aromatic heterocycles. The Bertz CT molecular complexity index is 496. The van der Waals surface area contributed by atoms with Crippen molar-refractivity contribution in [2.45, 2.75) is 18.8 Å². The average molecular weight is 221 g/mol. The average Bonchev–Trinajstić information content (AvgIpc) is 2.42. The quantitative estimate of drug-likeness (QED) is 0.765. The van der Waals surface area contributed by atoms with E-state index in [9.17, 15) is 5.26 Å². The highest BCUT2D eigenvalue weighted by molar-refractivity contribution is 5.32. The Morgan fingerprint density at radius 1 is 0.824 bits per heavy atom.